The first-order valence-corrected chi connectivity index (χ1v) is 4.33. The van der Waals surface area contributed by atoms with Crippen LogP contribution in [0.25, 0.3) is 0 Å². The van der Waals surface area contributed by atoms with Gasteiger partial charge in [0, 0.05) is 11.4 Å². The van der Waals surface area contributed by atoms with E-state index < -0.39 is 6.09 Å². The minimum absolute atomic E-state index is 0.222. The van der Waals surface area contributed by atoms with E-state index in [9.17, 15) is 4.79 Å². The van der Waals surface area contributed by atoms with Crippen LogP contribution in [0.4, 0.5) is 4.79 Å². The molecule has 1 rings (SSSR count). The Hall–Kier alpha value is -1.10. The molecule has 2 N–H and O–H groups in total. The summed E-state index contributed by atoms with van der Waals surface area (Å²) in [6.07, 6.45) is -0.853. The lowest BCUT2D eigenvalue weighted by atomic mass is 10.4. The van der Waals surface area contributed by atoms with Crippen molar-refractivity contribution in [2.45, 2.75) is 5.33 Å². The fourth-order valence-corrected chi connectivity index (χ4v) is 1.00. The van der Waals surface area contributed by atoms with Gasteiger partial charge in [0.25, 0.3) is 0 Å². The van der Waals surface area contributed by atoms with E-state index in [1.807, 2.05) is 6.07 Å². The predicted molar refractivity (Wildman–Crippen MR) is 47.1 cm³/mol. The second-order valence-electron chi connectivity index (χ2n) is 2.02. The Kier molecular flexibility index (Phi) is 3.04. The lowest BCUT2D eigenvalue weighted by Gasteiger charge is -1.99. The van der Waals surface area contributed by atoms with Crippen LogP contribution >= 0.6 is 15.9 Å². The number of ether oxygens (including phenoxy) is 1. The standard InChI is InChI=1S/C7H7BrN2O2/c8-4-5-2-1-3-6(10-5)12-7(9)11/h1-3H,4H2,(H2,9,11). The molecule has 12 heavy (non-hydrogen) atoms. The summed E-state index contributed by atoms with van der Waals surface area (Å²) >= 11 is 3.22. The Bertz CT molecular complexity index is 290. The smallest absolute Gasteiger partial charge is 0.391 e. The molecule has 5 heteroatoms. The van der Waals surface area contributed by atoms with Crippen molar-refractivity contribution in [2.24, 2.45) is 5.73 Å². The molecule has 0 aliphatic carbocycles. The van der Waals surface area contributed by atoms with Crippen molar-refractivity contribution < 1.29 is 9.53 Å². The van der Waals surface area contributed by atoms with E-state index in [0.29, 0.717) is 5.33 Å². The van der Waals surface area contributed by atoms with Gasteiger partial charge in [-0.05, 0) is 6.07 Å². The van der Waals surface area contributed by atoms with Crippen LogP contribution < -0.4 is 10.5 Å². The van der Waals surface area contributed by atoms with Crippen molar-refractivity contribution in [2.75, 3.05) is 0 Å². The van der Waals surface area contributed by atoms with Gasteiger partial charge in [0.05, 0.1) is 5.69 Å². The number of halogens is 1. The van der Waals surface area contributed by atoms with Gasteiger partial charge in [-0.25, -0.2) is 9.78 Å². The van der Waals surface area contributed by atoms with Crippen LogP contribution in [-0.4, -0.2) is 11.1 Å². The number of carbonyl (C=O) groups excluding carboxylic acids is 1. The molecule has 0 atom stereocenters. The molecule has 4 nitrogen and oxygen atoms in total. The average molecular weight is 231 g/mol. The Morgan fingerprint density at radius 3 is 3.00 bits per heavy atom. The highest BCUT2D eigenvalue weighted by Crippen LogP contribution is 2.09. The molecular formula is C7H7BrN2O2. The summed E-state index contributed by atoms with van der Waals surface area (Å²) in [6.45, 7) is 0. The highest BCUT2D eigenvalue weighted by Gasteiger charge is 2.00. The molecule has 1 aromatic rings. The van der Waals surface area contributed by atoms with Crippen molar-refractivity contribution in [3.63, 3.8) is 0 Å². The van der Waals surface area contributed by atoms with E-state index in [4.69, 9.17) is 5.73 Å². The summed E-state index contributed by atoms with van der Waals surface area (Å²) in [6, 6.07) is 5.11. The van der Waals surface area contributed by atoms with Crippen molar-refractivity contribution in [3.8, 4) is 5.88 Å². The number of aromatic nitrogens is 1. The van der Waals surface area contributed by atoms with Gasteiger partial charge in [0.15, 0.2) is 0 Å². The largest absolute Gasteiger partial charge is 0.411 e. The van der Waals surface area contributed by atoms with Crippen LogP contribution in [0.3, 0.4) is 0 Å². The number of nitrogens with two attached hydrogens (primary N) is 1. The maximum Gasteiger partial charge on any atom is 0.411 e. The normalized spacial score (nSPS) is 9.42. The third kappa shape index (κ3) is 2.50. The highest BCUT2D eigenvalue weighted by molar-refractivity contribution is 9.08. The van der Waals surface area contributed by atoms with E-state index in [1.54, 1.807) is 12.1 Å². The first-order valence-electron chi connectivity index (χ1n) is 3.21. The summed E-state index contributed by atoms with van der Waals surface area (Å²) in [7, 11) is 0. The summed E-state index contributed by atoms with van der Waals surface area (Å²) in [5.41, 5.74) is 5.59. The molecule has 0 aliphatic rings. The molecule has 1 heterocycles. The van der Waals surface area contributed by atoms with Crippen LogP contribution in [0.15, 0.2) is 18.2 Å². The number of rotatable bonds is 2. The SMILES string of the molecule is NC(=O)Oc1cccc(CBr)n1. The minimum atomic E-state index is -0.853. The molecule has 0 aromatic carbocycles. The Labute approximate surface area is 77.9 Å². The van der Waals surface area contributed by atoms with Gasteiger partial charge in [0.2, 0.25) is 5.88 Å². The van der Waals surface area contributed by atoms with Gasteiger partial charge in [-0.15, -0.1) is 0 Å². The van der Waals surface area contributed by atoms with Gasteiger partial charge in [-0.3, -0.25) is 0 Å². The summed E-state index contributed by atoms with van der Waals surface area (Å²) in [5, 5.41) is 0.614. The lowest BCUT2D eigenvalue weighted by Crippen LogP contribution is -2.17. The molecule has 0 saturated carbocycles. The average Bonchev–Trinajstić information content (AvgIpc) is 2.03. The zero-order valence-corrected chi connectivity index (χ0v) is 7.74. The highest BCUT2D eigenvalue weighted by atomic mass is 79.9. The number of primary amides is 1. The van der Waals surface area contributed by atoms with Gasteiger partial charge >= 0.3 is 6.09 Å². The van der Waals surface area contributed by atoms with Gasteiger partial charge in [-0.1, -0.05) is 22.0 Å². The molecule has 1 amide bonds. The summed E-state index contributed by atoms with van der Waals surface area (Å²) in [4.78, 5) is 14.3. The van der Waals surface area contributed by atoms with Crippen molar-refractivity contribution in [3.05, 3.63) is 23.9 Å². The fraction of sp³-hybridized carbons (Fsp3) is 0.143. The summed E-state index contributed by atoms with van der Waals surface area (Å²) < 4.78 is 4.56. The number of hydrogen-bond donors (Lipinski definition) is 1. The number of nitrogens with zero attached hydrogens (tertiary/aromatic N) is 1. The van der Waals surface area contributed by atoms with Crippen LogP contribution in [0.5, 0.6) is 5.88 Å². The molecule has 0 spiro atoms. The predicted octanol–water partition coefficient (Wildman–Crippen LogP) is 1.43. The Balaban J connectivity index is 2.79. The van der Waals surface area contributed by atoms with Gasteiger partial charge < -0.3 is 10.5 Å². The first-order chi connectivity index (χ1) is 5.72. The third-order valence-corrected chi connectivity index (χ3v) is 1.70. The summed E-state index contributed by atoms with van der Waals surface area (Å²) in [5.74, 6) is 0.222. The minimum Gasteiger partial charge on any atom is -0.391 e. The van der Waals surface area contributed by atoms with Crippen LogP contribution in [-0.2, 0) is 5.33 Å². The Morgan fingerprint density at radius 1 is 1.67 bits per heavy atom. The number of hydrogen-bond acceptors (Lipinski definition) is 3. The van der Waals surface area contributed by atoms with E-state index >= 15 is 0 Å². The maximum atomic E-state index is 10.3. The topological polar surface area (TPSA) is 65.2 Å². The van der Waals surface area contributed by atoms with E-state index in [-0.39, 0.29) is 5.88 Å². The lowest BCUT2D eigenvalue weighted by molar-refractivity contribution is 0.209. The molecule has 0 aliphatic heterocycles. The Morgan fingerprint density at radius 2 is 2.42 bits per heavy atom. The van der Waals surface area contributed by atoms with Crippen LogP contribution in [0.2, 0.25) is 0 Å². The van der Waals surface area contributed by atoms with E-state index in [0.717, 1.165) is 5.69 Å². The molecule has 0 radical (unpaired) electrons. The molecule has 0 bridgehead atoms. The molecular weight excluding hydrogens is 224 g/mol. The molecule has 0 fully saturated rings. The van der Waals surface area contributed by atoms with Crippen molar-refractivity contribution in [1.82, 2.24) is 4.98 Å². The molecule has 0 unspecified atom stereocenters. The van der Waals surface area contributed by atoms with E-state index in [1.165, 1.54) is 0 Å². The van der Waals surface area contributed by atoms with Crippen LogP contribution in [0, 0.1) is 0 Å². The first kappa shape index (κ1) is 8.99. The zero-order chi connectivity index (χ0) is 8.97. The van der Waals surface area contributed by atoms with Crippen molar-refractivity contribution in [1.29, 1.82) is 0 Å². The molecule has 64 valence electrons. The van der Waals surface area contributed by atoms with E-state index in [2.05, 4.69) is 25.7 Å². The maximum absolute atomic E-state index is 10.3. The number of pyridine rings is 1. The van der Waals surface area contributed by atoms with Gasteiger partial charge in [0.1, 0.15) is 0 Å². The zero-order valence-electron chi connectivity index (χ0n) is 6.16. The monoisotopic (exact) mass is 230 g/mol. The second-order valence-corrected chi connectivity index (χ2v) is 2.58. The van der Waals surface area contributed by atoms with Gasteiger partial charge in [-0.2, -0.15) is 0 Å². The van der Waals surface area contributed by atoms with Crippen LogP contribution in [0.1, 0.15) is 5.69 Å². The number of alkyl halides is 1. The third-order valence-electron chi connectivity index (χ3n) is 1.12. The number of carbonyl (C=O) groups is 1. The number of amides is 1. The molecule has 1 aromatic heterocycles. The van der Waals surface area contributed by atoms with Crippen molar-refractivity contribution >= 4 is 22.0 Å². The second kappa shape index (κ2) is 4.06. The quantitative estimate of drug-likeness (QED) is 0.783. The fourth-order valence-electron chi connectivity index (χ4n) is 0.692. The molecule has 0 saturated heterocycles.